The molecule has 0 aliphatic heterocycles. The molecule has 1 aliphatic carbocycles. The normalized spacial score (nSPS) is 22.6. The highest BCUT2D eigenvalue weighted by molar-refractivity contribution is 9.10. The molecule has 0 saturated heterocycles. The van der Waals surface area contributed by atoms with Gasteiger partial charge in [-0.15, -0.1) is 0 Å². The number of carboxylic acids is 1. The lowest BCUT2D eigenvalue weighted by atomic mass is 9.97. The van der Waals surface area contributed by atoms with Gasteiger partial charge in [-0.25, -0.2) is 4.79 Å². The maximum absolute atomic E-state index is 10.6. The maximum atomic E-state index is 10.6. The molecule has 3 heteroatoms. The van der Waals surface area contributed by atoms with Crippen molar-refractivity contribution < 1.29 is 9.90 Å². The fourth-order valence-electron chi connectivity index (χ4n) is 2.26. The Hall–Kier alpha value is -1.09. The first-order valence-corrected chi connectivity index (χ1v) is 6.13. The average Bonchev–Trinajstić information content (AvgIpc) is 2.66. The van der Waals surface area contributed by atoms with E-state index in [9.17, 15) is 4.79 Å². The molecule has 2 rings (SSSR count). The van der Waals surface area contributed by atoms with Crippen LogP contribution in [0.15, 0.2) is 40.4 Å². The molecular weight excluding hydrogens is 268 g/mol. The number of hydrogen-bond acceptors (Lipinski definition) is 1. The van der Waals surface area contributed by atoms with E-state index in [1.807, 2.05) is 18.2 Å². The van der Waals surface area contributed by atoms with Gasteiger partial charge in [0.15, 0.2) is 0 Å². The van der Waals surface area contributed by atoms with E-state index in [0.29, 0.717) is 5.92 Å². The van der Waals surface area contributed by atoms with Crippen LogP contribution in [0.4, 0.5) is 0 Å². The summed E-state index contributed by atoms with van der Waals surface area (Å²) in [4.78, 5) is 10.6. The lowest BCUT2D eigenvalue weighted by Gasteiger charge is -2.10. The Labute approximate surface area is 103 Å². The van der Waals surface area contributed by atoms with E-state index in [0.717, 1.165) is 29.3 Å². The summed E-state index contributed by atoms with van der Waals surface area (Å²) in [5.41, 5.74) is 2.34. The van der Waals surface area contributed by atoms with Gasteiger partial charge in [0.1, 0.15) is 0 Å². The maximum Gasteiger partial charge on any atom is 0.328 e. The summed E-state index contributed by atoms with van der Waals surface area (Å²) in [7, 11) is 0. The van der Waals surface area contributed by atoms with Gasteiger partial charge in [0.2, 0.25) is 0 Å². The van der Waals surface area contributed by atoms with Gasteiger partial charge in [0.05, 0.1) is 0 Å². The van der Waals surface area contributed by atoms with Crippen LogP contribution in [0.25, 0.3) is 0 Å². The van der Waals surface area contributed by atoms with E-state index in [4.69, 9.17) is 5.11 Å². The van der Waals surface area contributed by atoms with Gasteiger partial charge < -0.3 is 5.11 Å². The van der Waals surface area contributed by atoms with Crippen molar-refractivity contribution in [2.24, 2.45) is 0 Å². The van der Waals surface area contributed by atoms with Crippen LogP contribution >= 0.6 is 15.9 Å². The molecule has 0 heterocycles. The molecule has 16 heavy (non-hydrogen) atoms. The van der Waals surface area contributed by atoms with Crippen molar-refractivity contribution >= 4 is 21.9 Å². The van der Waals surface area contributed by atoms with Crippen LogP contribution in [0.5, 0.6) is 0 Å². The second-order valence-electron chi connectivity index (χ2n) is 4.10. The number of rotatable bonds is 2. The molecule has 2 nitrogen and oxygen atoms in total. The van der Waals surface area contributed by atoms with Gasteiger partial charge in [-0.1, -0.05) is 39.7 Å². The number of aliphatic carboxylic acids is 1. The molecule has 1 aromatic carbocycles. The quantitative estimate of drug-likeness (QED) is 0.839. The minimum atomic E-state index is -0.831. The predicted molar refractivity (Wildman–Crippen MR) is 66.5 cm³/mol. The lowest BCUT2D eigenvalue weighted by molar-refractivity contribution is -0.131. The Kier molecular flexibility index (Phi) is 3.44. The van der Waals surface area contributed by atoms with E-state index in [2.05, 4.69) is 22.0 Å². The van der Waals surface area contributed by atoms with Crippen molar-refractivity contribution in [3.05, 3.63) is 46.0 Å². The molecule has 0 bridgehead atoms. The topological polar surface area (TPSA) is 37.3 Å². The minimum Gasteiger partial charge on any atom is -0.478 e. The number of halogens is 1. The van der Waals surface area contributed by atoms with Gasteiger partial charge in [0, 0.05) is 10.5 Å². The van der Waals surface area contributed by atoms with E-state index in [1.54, 1.807) is 0 Å². The third-order valence-corrected chi connectivity index (χ3v) is 3.72. The third-order valence-electron chi connectivity index (χ3n) is 3.00. The largest absolute Gasteiger partial charge is 0.478 e. The van der Waals surface area contributed by atoms with Gasteiger partial charge in [-0.05, 0) is 36.8 Å². The van der Waals surface area contributed by atoms with Crippen molar-refractivity contribution in [2.75, 3.05) is 0 Å². The summed E-state index contributed by atoms with van der Waals surface area (Å²) >= 11 is 3.54. The minimum absolute atomic E-state index is 0.459. The highest BCUT2D eigenvalue weighted by atomic mass is 79.9. The summed E-state index contributed by atoms with van der Waals surface area (Å²) < 4.78 is 1.12. The fraction of sp³-hybridized carbons (Fsp3) is 0.308. The van der Waals surface area contributed by atoms with Crippen LogP contribution in [-0.4, -0.2) is 11.1 Å². The number of carbonyl (C=O) groups is 1. The Morgan fingerprint density at radius 2 is 2.19 bits per heavy atom. The Bertz CT molecular complexity index is 437. The van der Waals surface area contributed by atoms with Crippen molar-refractivity contribution in [1.82, 2.24) is 0 Å². The molecule has 0 amide bonds. The fourth-order valence-corrected chi connectivity index (χ4v) is 2.87. The highest BCUT2D eigenvalue weighted by Crippen LogP contribution is 2.40. The van der Waals surface area contributed by atoms with Gasteiger partial charge in [-0.2, -0.15) is 0 Å². The first kappa shape index (κ1) is 11.4. The summed E-state index contributed by atoms with van der Waals surface area (Å²) in [6.45, 7) is 0. The third kappa shape index (κ3) is 2.53. The van der Waals surface area contributed by atoms with Crippen LogP contribution in [0.1, 0.15) is 30.7 Å². The van der Waals surface area contributed by atoms with Gasteiger partial charge >= 0.3 is 5.97 Å². The standard InChI is InChI=1S/C13H13BrO2/c14-12-4-2-1-3-11(12)10-6-5-9(7-10)8-13(15)16/h1-4,8,10H,5-7H2,(H,15,16)/b9-8+. The highest BCUT2D eigenvalue weighted by Gasteiger charge is 2.22. The number of hydrogen-bond donors (Lipinski definition) is 1. The number of carboxylic acid groups (broad SMARTS) is 1. The van der Waals surface area contributed by atoms with Gasteiger partial charge in [-0.3, -0.25) is 0 Å². The van der Waals surface area contributed by atoms with Crippen LogP contribution in [0.2, 0.25) is 0 Å². The number of allylic oxidation sites excluding steroid dienone is 1. The van der Waals surface area contributed by atoms with Crippen molar-refractivity contribution in [3.8, 4) is 0 Å². The van der Waals surface area contributed by atoms with E-state index >= 15 is 0 Å². The lowest BCUT2D eigenvalue weighted by Crippen LogP contribution is -1.94. The zero-order chi connectivity index (χ0) is 11.5. The second kappa shape index (κ2) is 4.83. The second-order valence-corrected chi connectivity index (χ2v) is 4.96. The Balaban J connectivity index is 2.15. The summed E-state index contributed by atoms with van der Waals surface area (Å²) in [5, 5.41) is 8.70. The van der Waals surface area contributed by atoms with Crippen molar-refractivity contribution in [2.45, 2.75) is 25.2 Å². The zero-order valence-corrected chi connectivity index (χ0v) is 10.4. The smallest absolute Gasteiger partial charge is 0.328 e. The van der Waals surface area contributed by atoms with E-state index < -0.39 is 5.97 Å². The Morgan fingerprint density at radius 1 is 1.44 bits per heavy atom. The number of benzene rings is 1. The zero-order valence-electron chi connectivity index (χ0n) is 8.82. The molecular formula is C13H13BrO2. The van der Waals surface area contributed by atoms with Crippen molar-refractivity contribution in [3.63, 3.8) is 0 Å². The summed E-state index contributed by atoms with van der Waals surface area (Å²) in [6.07, 6.45) is 4.17. The first-order chi connectivity index (χ1) is 7.66. The van der Waals surface area contributed by atoms with Crippen LogP contribution < -0.4 is 0 Å². The molecule has 1 fully saturated rings. The predicted octanol–water partition coefficient (Wildman–Crippen LogP) is 3.73. The molecule has 1 aliphatic rings. The molecule has 1 aromatic rings. The molecule has 1 saturated carbocycles. The molecule has 0 radical (unpaired) electrons. The molecule has 0 spiro atoms. The van der Waals surface area contributed by atoms with Gasteiger partial charge in [0.25, 0.3) is 0 Å². The summed E-state index contributed by atoms with van der Waals surface area (Å²) in [6, 6.07) is 8.17. The molecule has 1 N–H and O–H groups in total. The average molecular weight is 281 g/mol. The van der Waals surface area contributed by atoms with Crippen molar-refractivity contribution in [1.29, 1.82) is 0 Å². The van der Waals surface area contributed by atoms with E-state index in [-0.39, 0.29) is 0 Å². The van der Waals surface area contributed by atoms with E-state index in [1.165, 1.54) is 11.6 Å². The molecule has 1 atom stereocenters. The molecule has 1 unspecified atom stereocenters. The Morgan fingerprint density at radius 3 is 2.88 bits per heavy atom. The summed E-state index contributed by atoms with van der Waals surface area (Å²) in [5.74, 6) is -0.371. The van der Waals surface area contributed by atoms with Crippen LogP contribution in [0, 0.1) is 0 Å². The monoisotopic (exact) mass is 280 g/mol. The first-order valence-electron chi connectivity index (χ1n) is 5.33. The van der Waals surface area contributed by atoms with Crippen LogP contribution in [0.3, 0.4) is 0 Å². The van der Waals surface area contributed by atoms with Crippen LogP contribution in [-0.2, 0) is 4.79 Å². The molecule has 84 valence electrons. The molecule has 0 aromatic heterocycles. The SMILES string of the molecule is O=C(O)/C=C1\CCC(c2ccccc2Br)C1.